The van der Waals surface area contributed by atoms with Gasteiger partial charge >= 0.3 is 0 Å². The van der Waals surface area contributed by atoms with Gasteiger partial charge in [-0.15, -0.1) is 11.3 Å². The Morgan fingerprint density at radius 2 is 2.22 bits per heavy atom. The number of rotatable bonds is 5. The molecule has 0 saturated heterocycles. The lowest BCUT2D eigenvalue weighted by Crippen LogP contribution is -2.17. The predicted molar refractivity (Wildman–Crippen MR) is 70.5 cm³/mol. The minimum atomic E-state index is 0.124. The fourth-order valence-electron chi connectivity index (χ4n) is 1.43. The maximum atomic E-state index is 4.92. The number of hydrogen-bond acceptors (Lipinski definition) is 6. The zero-order chi connectivity index (χ0) is 13.0. The average Bonchev–Trinajstić information content (AvgIpc) is 2.95. The Morgan fingerprint density at radius 3 is 2.83 bits per heavy atom. The molecular formula is C12H18N4OS. The molecule has 1 N–H and O–H groups in total. The fourth-order valence-corrected chi connectivity index (χ4v) is 2.42. The highest BCUT2D eigenvalue weighted by Crippen LogP contribution is 2.23. The largest absolute Gasteiger partial charge is 0.340 e. The van der Waals surface area contributed by atoms with Crippen LogP contribution in [0.5, 0.6) is 0 Å². The van der Waals surface area contributed by atoms with Crippen LogP contribution in [0.25, 0.3) is 0 Å². The normalized spacial score (nSPS) is 11.9. The van der Waals surface area contributed by atoms with E-state index in [9.17, 15) is 0 Å². The SMILES string of the molecule is CC(C)(C)c1csc(CNCCc2ncno2)n1. The summed E-state index contributed by atoms with van der Waals surface area (Å²) in [6.45, 7) is 8.13. The Balaban J connectivity index is 1.75. The van der Waals surface area contributed by atoms with E-state index in [4.69, 9.17) is 4.52 Å². The lowest BCUT2D eigenvalue weighted by molar-refractivity contribution is 0.375. The average molecular weight is 266 g/mol. The molecule has 0 bridgehead atoms. The van der Waals surface area contributed by atoms with Crippen LogP contribution in [0.1, 0.15) is 37.4 Å². The van der Waals surface area contributed by atoms with Crippen LogP contribution in [-0.2, 0) is 18.4 Å². The second kappa shape index (κ2) is 5.58. The molecule has 0 radical (unpaired) electrons. The second-order valence-corrected chi connectivity index (χ2v) is 6.08. The van der Waals surface area contributed by atoms with Gasteiger partial charge < -0.3 is 9.84 Å². The van der Waals surface area contributed by atoms with E-state index in [1.807, 2.05) is 0 Å². The molecule has 2 aromatic heterocycles. The Hall–Kier alpha value is -1.27. The van der Waals surface area contributed by atoms with Crippen LogP contribution >= 0.6 is 11.3 Å². The van der Waals surface area contributed by atoms with Gasteiger partial charge in [-0.25, -0.2) is 4.98 Å². The summed E-state index contributed by atoms with van der Waals surface area (Å²) in [4.78, 5) is 8.59. The first-order chi connectivity index (χ1) is 8.55. The third kappa shape index (κ3) is 3.61. The highest BCUT2D eigenvalue weighted by molar-refractivity contribution is 7.09. The standard InChI is InChI=1S/C12H18N4OS/c1-12(2,3)9-7-18-11(16-9)6-13-5-4-10-14-8-15-17-10/h7-8,13H,4-6H2,1-3H3. The molecule has 0 unspecified atom stereocenters. The van der Waals surface area contributed by atoms with Crippen LogP contribution < -0.4 is 5.32 Å². The Bertz CT molecular complexity index is 472. The molecule has 0 amide bonds. The number of hydrogen-bond donors (Lipinski definition) is 1. The molecule has 0 atom stereocenters. The highest BCUT2D eigenvalue weighted by Gasteiger charge is 2.17. The molecule has 0 saturated carbocycles. The van der Waals surface area contributed by atoms with E-state index in [2.05, 4.69) is 46.6 Å². The maximum absolute atomic E-state index is 4.92. The quantitative estimate of drug-likeness (QED) is 0.840. The van der Waals surface area contributed by atoms with Crippen molar-refractivity contribution in [3.8, 4) is 0 Å². The van der Waals surface area contributed by atoms with E-state index < -0.39 is 0 Å². The van der Waals surface area contributed by atoms with Gasteiger partial charge in [0.15, 0.2) is 6.33 Å². The van der Waals surface area contributed by atoms with Crippen LogP contribution in [0.4, 0.5) is 0 Å². The number of aromatic nitrogens is 3. The van der Waals surface area contributed by atoms with Gasteiger partial charge in [-0.3, -0.25) is 0 Å². The van der Waals surface area contributed by atoms with Crippen LogP contribution in [0.3, 0.4) is 0 Å². The molecule has 2 heterocycles. The van der Waals surface area contributed by atoms with Crippen molar-refractivity contribution in [3.05, 3.63) is 28.3 Å². The summed E-state index contributed by atoms with van der Waals surface area (Å²) >= 11 is 1.70. The lowest BCUT2D eigenvalue weighted by Gasteiger charge is -2.14. The van der Waals surface area contributed by atoms with Gasteiger partial charge in [-0.2, -0.15) is 4.98 Å². The summed E-state index contributed by atoms with van der Waals surface area (Å²) in [7, 11) is 0. The predicted octanol–water partition coefficient (Wildman–Crippen LogP) is 2.16. The van der Waals surface area contributed by atoms with Crippen molar-refractivity contribution >= 4 is 11.3 Å². The maximum Gasteiger partial charge on any atom is 0.227 e. The summed E-state index contributed by atoms with van der Waals surface area (Å²) in [6, 6.07) is 0. The molecule has 2 aromatic rings. The molecule has 0 aromatic carbocycles. The van der Waals surface area contributed by atoms with Crippen molar-refractivity contribution in [2.24, 2.45) is 0 Å². The third-order valence-corrected chi connectivity index (χ3v) is 3.37. The molecule has 5 nitrogen and oxygen atoms in total. The number of thiazole rings is 1. The van der Waals surface area contributed by atoms with Gasteiger partial charge in [0.05, 0.1) is 5.69 Å². The summed E-state index contributed by atoms with van der Waals surface area (Å²) in [5.74, 6) is 0.664. The van der Waals surface area contributed by atoms with Crippen LogP contribution in [0.2, 0.25) is 0 Å². The van der Waals surface area contributed by atoms with Crippen LogP contribution in [0.15, 0.2) is 16.2 Å². The summed E-state index contributed by atoms with van der Waals surface area (Å²) in [5.41, 5.74) is 1.28. The van der Waals surface area contributed by atoms with Gasteiger partial charge in [0.1, 0.15) is 5.01 Å². The van der Waals surface area contributed by atoms with Gasteiger partial charge in [0, 0.05) is 30.3 Å². The van der Waals surface area contributed by atoms with Crippen molar-refractivity contribution in [1.82, 2.24) is 20.4 Å². The molecule has 98 valence electrons. The van der Waals surface area contributed by atoms with Crippen LogP contribution in [-0.4, -0.2) is 21.7 Å². The van der Waals surface area contributed by atoms with Crippen LogP contribution in [0, 0.1) is 0 Å². The van der Waals surface area contributed by atoms with E-state index in [-0.39, 0.29) is 5.41 Å². The van der Waals surface area contributed by atoms with Gasteiger partial charge in [-0.1, -0.05) is 25.9 Å². The topological polar surface area (TPSA) is 63.8 Å². The monoisotopic (exact) mass is 266 g/mol. The Labute approximate surface area is 111 Å². The molecule has 0 aliphatic rings. The molecular weight excluding hydrogens is 248 g/mol. The molecule has 18 heavy (non-hydrogen) atoms. The van der Waals surface area contributed by atoms with Crippen molar-refractivity contribution in [2.75, 3.05) is 6.54 Å². The zero-order valence-corrected chi connectivity index (χ0v) is 11.8. The van der Waals surface area contributed by atoms with E-state index in [1.165, 1.54) is 6.33 Å². The molecule has 0 spiro atoms. The van der Waals surface area contributed by atoms with Gasteiger partial charge in [-0.05, 0) is 0 Å². The van der Waals surface area contributed by atoms with E-state index in [1.54, 1.807) is 11.3 Å². The van der Waals surface area contributed by atoms with Crippen molar-refractivity contribution in [1.29, 1.82) is 0 Å². The minimum Gasteiger partial charge on any atom is -0.340 e. The second-order valence-electron chi connectivity index (χ2n) is 5.14. The van der Waals surface area contributed by atoms with Gasteiger partial charge in [0.25, 0.3) is 0 Å². The van der Waals surface area contributed by atoms with E-state index in [0.717, 1.165) is 30.2 Å². The molecule has 0 fully saturated rings. The Morgan fingerprint density at radius 1 is 1.39 bits per heavy atom. The molecule has 6 heteroatoms. The van der Waals surface area contributed by atoms with E-state index in [0.29, 0.717) is 5.89 Å². The highest BCUT2D eigenvalue weighted by atomic mass is 32.1. The summed E-state index contributed by atoms with van der Waals surface area (Å²) < 4.78 is 4.92. The summed E-state index contributed by atoms with van der Waals surface area (Å²) in [6.07, 6.45) is 2.17. The first-order valence-electron chi connectivity index (χ1n) is 5.97. The third-order valence-electron chi connectivity index (χ3n) is 2.52. The zero-order valence-electron chi connectivity index (χ0n) is 10.9. The number of nitrogens with zero attached hydrogens (tertiary/aromatic N) is 3. The first kappa shape index (κ1) is 13.2. The van der Waals surface area contributed by atoms with Crippen molar-refractivity contribution < 1.29 is 4.52 Å². The number of nitrogens with one attached hydrogen (secondary N) is 1. The van der Waals surface area contributed by atoms with Gasteiger partial charge in [0.2, 0.25) is 5.89 Å². The van der Waals surface area contributed by atoms with E-state index >= 15 is 0 Å². The van der Waals surface area contributed by atoms with Crippen molar-refractivity contribution in [2.45, 2.75) is 39.2 Å². The summed E-state index contributed by atoms with van der Waals surface area (Å²) in [5, 5.41) is 10.1. The molecule has 0 aliphatic carbocycles. The molecule has 2 rings (SSSR count). The van der Waals surface area contributed by atoms with Crippen molar-refractivity contribution in [3.63, 3.8) is 0 Å². The fraction of sp³-hybridized carbons (Fsp3) is 0.583. The molecule has 0 aliphatic heterocycles. The lowest BCUT2D eigenvalue weighted by atomic mass is 9.93. The first-order valence-corrected chi connectivity index (χ1v) is 6.85. The minimum absolute atomic E-state index is 0.124. The Kier molecular flexibility index (Phi) is 4.08. The smallest absolute Gasteiger partial charge is 0.227 e.